The third kappa shape index (κ3) is 11.4. The van der Waals surface area contributed by atoms with Crippen LogP contribution in [0.1, 0.15) is 153 Å². The molecule has 0 fully saturated rings. The maximum absolute atomic E-state index is 12.8. The van der Waals surface area contributed by atoms with Crippen molar-refractivity contribution in [2.24, 2.45) is 0 Å². The Bertz CT molecular complexity index is 2370. The summed E-state index contributed by atoms with van der Waals surface area (Å²) >= 11 is 0. The number of nitrogens with one attached hydrogen (secondary N) is 2. The minimum absolute atomic E-state index is 0.177. The van der Waals surface area contributed by atoms with Gasteiger partial charge in [-0.05, 0) is 178 Å². The average molecular weight is 823 g/mol. The molecule has 8 bridgehead atoms. The molecule has 12 nitrogen and oxygen atoms in total. The van der Waals surface area contributed by atoms with Crippen LogP contribution in [0.5, 0.6) is 0 Å². The molecular weight excluding hydrogens is 761 g/mol. The van der Waals surface area contributed by atoms with Gasteiger partial charge in [0.2, 0.25) is 0 Å². The lowest BCUT2D eigenvalue weighted by atomic mass is 9.98. The quantitative estimate of drug-likeness (QED) is 0.105. The molecule has 322 valence electrons. The molecule has 5 rings (SSSR count). The number of hydrogen-bond donors (Lipinski definition) is 2. The van der Waals surface area contributed by atoms with E-state index in [2.05, 4.69) is 16.0 Å². The fourth-order valence-corrected chi connectivity index (χ4v) is 7.69. The summed E-state index contributed by atoms with van der Waals surface area (Å²) in [6.45, 7) is 22.7. The van der Waals surface area contributed by atoms with Gasteiger partial charge >= 0.3 is 23.9 Å². The number of nitrogens with zero attached hydrogens (tertiary/aromatic N) is 2. The van der Waals surface area contributed by atoms with Crippen LogP contribution in [0, 0.1) is 13.8 Å². The van der Waals surface area contributed by atoms with E-state index in [1.165, 1.54) is 0 Å². The topological polar surface area (TPSA) is 163 Å². The van der Waals surface area contributed by atoms with Crippen molar-refractivity contribution in [1.82, 2.24) is 19.9 Å². The highest BCUT2D eigenvalue weighted by molar-refractivity contribution is 5.96. The van der Waals surface area contributed by atoms with E-state index in [0.717, 1.165) is 72.3 Å². The third-order valence-corrected chi connectivity index (χ3v) is 10.6. The number of esters is 4. The lowest BCUT2D eigenvalue weighted by Gasteiger charge is -2.09. The van der Waals surface area contributed by atoms with Crippen molar-refractivity contribution in [1.29, 1.82) is 0 Å². The van der Waals surface area contributed by atoms with Crippen molar-refractivity contribution in [3.63, 3.8) is 0 Å². The number of aryl methyl sites for hydroxylation is 4. The van der Waals surface area contributed by atoms with Gasteiger partial charge in [-0.25, -0.2) is 9.97 Å². The second kappa shape index (κ2) is 19.7. The van der Waals surface area contributed by atoms with Crippen LogP contribution < -0.4 is 0 Å². The van der Waals surface area contributed by atoms with Crippen molar-refractivity contribution < 1.29 is 38.1 Å². The Morgan fingerprint density at radius 1 is 0.450 bits per heavy atom. The number of carbonyl (C=O) groups excluding carboxylic acids is 4. The number of hydrogen-bond acceptors (Lipinski definition) is 10. The third-order valence-electron chi connectivity index (χ3n) is 10.6. The van der Waals surface area contributed by atoms with E-state index in [-0.39, 0.29) is 74.0 Å². The molecule has 2 aliphatic heterocycles. The Morgan fingerprint density at radius 2 is 0.767 bits per heavy atom. The maximum atomic E-state index is 12.8. The second-order valence-corrected chi connectivity index (χ2v) is 16.8. The van der Waals surface area contributed by atoms with Gasteiger partial charge in [-0.3, -0.25) is 19.2 Å². The molecular formula is C48H62N4O8. The lowest BCUT2D eigenvalue weighted by Crippen LogP contribution is -2.12. The molecule has 0 radical (unpaired) electrons. The summed E-state index contributed by atoms with van der Waals surface area (Å²) < 4.78 is 22.0. The summed E-state index contributed by atoms with van der Waals surface area (Å²) in [5.74, 6) is -1.13. The molecule has 3 aromatic rings. The van der Waals surface area contributed by atoms with Crippen LogP contribution in [0.3, 0.4) is 0 Å². The highest BCUT2D eigenvalue weighted by Crippen LogP contribution is 2.38. The fraction of sp³-hybridized carbons (Fsp3) is 0.500. The highest BCUT2D eigenvalue weighted by Gasteiger charge is 2.24. The summed E-state index contributed by atoms with van der Waals surface area (Å²) in [4.78, 5) is 68.9. The van der Waals surface area contributed by atoms with E-state index >= 15 is 0 Å². The minimum Gasteiger partial charge on any atom is -0.463 e. The van der Waals surface area contributed by atoms with Crippen LogP contribution in [-0.2, 0) is 51.0 Å². The van der Waals surface area contributed by atoms with Crippen LogP contribution in [-0.4, -0.2) is 68.2 Å². The summed E-state index contributed by atoms with van der Waals surface area (Å²) in [6.07, 6.45) is 1.53. The van der Waals surface area contributed by atoms with Crippen LogP contribution in [0.4, 0.5) is 0 Å². The molecule has 0 atom stereocenters. The highest BCUT2D eigenvalue weighted by atomic mass is 16.6. The number of aromatic nitrogens is 4. The van der Waals surface area contributed by atoms with Gasteiger partial charge in [0.05, 0.1) is 47.2 Å². The Labute approximate surface area is 353 Å². The molecule has 0 aromatic carbocycles. The molecule has 0 saturated heterocycles. The molecule has 2 N–H and O–H groups in total. The van der Waals surface area contributed by atoms with Crippen molar-refractivity contribution in [2.75, 3.05) is 0 Å². The molecule has 0 unspecified atom stereocenters. The molecule has 2 aliphatic rings. The van der Waals surface area contributed by atoms with E-state index in [9.17, 15) is 19.2 Å². The summed E-state index contributed by atoms with van der Waals surface area (Å²) in [5.41, 5.74) is 13.6. The van der Waals surface area contributed by atoms with Gasteiger partial charge in [-0.1, -0.05) is 0 Å². The second-order valence-electron chi connectivity index (χ2n) is 16.8. The van der Waals surface area contributed by atoms with Gasteiger partial charge < -0.3 is 28.9 Å². The Kier molecular flexibility index (Phi) is 15.0. The Hall–Kier alpha value is -5.52. The predicted molar refractivity (Wildman–Crippen MR) is 235 cm³/mol. The first-order chi connectivity index (χ1) is 28.3. The molecule has 12 heteroatoms. The van der Waals surface area contributed by atoms with Gasteiger partial charge in [-0.15, -0.1) is 0 Å². The normalized spacial score (nSPS) is 12.9. The monoisotopic (exact) mass is 822 g/mol. The first-order valence-electron chi connectivity index (χ1n) is 21.2. The van der Waals surface area contributed by atoms with Crippen molar-refractivity contribution in [3.05, 3.63) is 69.3 Å². The molecule has 0 spiro atoms. The molecule has 3 aromatic heterocycles. The maximum Gasteiger partial charge on any atom is 0.306 e. The van der Waals surface area contributed by atoms with E-state index < -0.39 is 0 Å². The van der Waals surface area contributed by atoms with Crippen LogP contribution in [0.15, 0.2) is 24.3 Å². The fourth-order valence-electron chi connectivity index (χ4n) is 7.69. The zero-order valence-corrected chi connectivity index (χ0v) is 37.4. The number of allylic oxidation sites excluding steroid dienone is 4. The number of rotatable bonds is 16. The predicted octanol–water partition coefficient (Wildman–Crippen LogP) is 10.0. The minimum atomic E-state index is -0.289. The van der Waals surface area contributed by atoms with Crippen LogP contribution in [0.2, 0.25) is 0 Å². The zero-order valence-electron chi connectivity index (χ0n) is 37.4. The first-order valence-corrected chi connectivity index (χ1v) is 21.2. The van der Waals surface area contributed by atoms with Gasteiger partial charge in [0, 0.05) is 47.8 Å². The molecule has 5 heterocycles. The summed E-state index contributed by atoms with van der Waals surface area (Å²) in [5, 5.41) is 0. The molecule has 0 amide bonds. The Morgan fingerprint density at radius 3 is 1.17 bits per heavy atom. The van der Waals surface area contributed by atoms with Crippen molar-refractivity contribution in [2.45, 2.75) is 159 Å². The number of carbonyl (C=O) groups is 4. The zero-order chi connectivity index (χ0) is 44.0. The van der Waals surface area contributed by atoms with Crippen molar-refractivity contribution in [3.8, 4) is 0 Å². The van der Waals surface area contributed by atoms with Gasteiger partial charge in [0.25, 0.3) is 0 Å². The van der Waals surface area contributed by atoms with E-state index in [0.29, 0.717) is 42.8 Å². The average Bonchev–Trinajstić information content (AvgIpc) is 3.79. The lowest BCUT2D eigenvalue weighted by molar-refractivity contribution is -0.148. The molecule has 0 saturated carbocycles. The molecule has 0 aliphatic carbocycles. The number of H-pyrrole nitrogens is 2. The standard InChI is InChI=1S/C48H62N4O8/c1-25(2)57-45(53)17-13-33-29(9)37-22-42-35(15-19-47(55)59-27(5)6)31(11)39(51-42)24-44-36(16-20-48(56)60-28(7)8)32(12)40(52-44)23-43-34(14-18-46(54)58-26(3)4)30(10)38(50-43)21-41(33)49-37/h21-28,49-50H,13-20H2,1-12H3. The largest absolute Gasteiger partial charge is 0.463 e. The number of aromatic amines is 2. The van der Waals surface area contributed by atoms with E-state index in [4.69, 9.17) is 28.9 Å². The Balaban J connectivity index is 1.81. The smallest absolute Gasteiger partial charge is 0.306 e. The molecule has 60 heavy (non-hydrogen) atoms. The first kappa shape index (κ1) is 45.6. The van der Waals surface area contributed by atoms with Gasteiger partial charge in [0.1, 0.15) is 0 Å². The van der Waals surface area contributed by atoms with E-state index in [1.807, 2.05) is 101 Å². The van der Waals surface area contributed by atoms with E-state index in [1.54, 1.807) is 0 Å². The van der Waals surface area contributed by atoms with Crippen LogP contribution in [0.25, 0.3) is 44.4 Å². The summed E-state index contributed by atoms with van der Waals surface area (Å²) in [6, 6.07) is 8.03. The van der Waals surface area contributed by atoms with Crippen molar-refractivity contribution >= 4 is 68.2 Å². The summed E-state index contributed by atoms with van der Waals surface area (Å²) in [7, 11) is 0. The number of fused-ring (bicyclic) bond motifs is 8. The van der Waals surface area contributed by atoms with Gasteiger partial charge in [-0.2, -0.15) is 0 Å². The SMILES string of the molecule is CC1=C(CCC(=O)OC(C)C)c2cc3nc(cc4[nH]c(cc5[nH]c(cc1n2)c(CCC(=O)OC(C)C)c5C)c(CCC(=O)OC(C)C)c4C)C(CCC(=O)OC(C)C)=C3C. The van der Waals surface area contributed by atoms with Crippen LogP contribution >= 0.6 is 0 Å². The number of ether oxygens (including phenoxy) is 4. The van der Waals surface area contributed by atoms with Gasteiger partial charge in [0.15, 0.2) is 0 Å².